The van der Waals surface area contributed by atoms with E-state index in [1.54, 1.807) is 13.0 Å². The summed E-state index contributed by atoms with van der Waals surface area (Å²) < 4.78 is 51.5. The molecule has 26 heavy (non-hydrogen) atoms. The van der Waals surface area contributed by atoms with Crippen molar-refractivity contribution in [2.24, 2.45) is 0 Å². The molecule has 0 aromatic heterocycles. The molecule has 2 aromatic carbocycles. The van der Waals surface area contributed by atoms with Crippen LogP contribution in [0.2, 0.25) is 0 Å². The second-order valence-electron chi connectivity index (χ2n) is 5.80. The Bertz CT molecular complexity index is 932. The minimum atomic E-state index is -3.51. The number of hydrogen-bond donors (Lipinski definition) is 3. The lowest BCUT2D eigenvalue weighted by atomic mass is 10.1. The number of nitrogens with one attached hydrogen (secondary N) is 2. The number of aliphatic hydroxyl groups is 1. The molecule has 2 rings (SSSR count). The highest BCUT2D eigenvalue weighted by Crippen LogP contribution is 2.19. The first-order valence-corrected chi connectivity index (χ1v) is 9.45. The van der Waals surface area contributed by atoms with Crippen LogP contribution in [0.5, 0.6) is 0 Å². The first-order chi connectivity index (χ1) is 12.1. The summed E-state index contributed by atoms with van der Waals surface area (Å²) in [5, 5.41) is 12.4. The molecule has 140 valence electrons. The van der Waals surface area contributed by atoms with E-state index in [2.05, 4.69) is 10.0 Å². The van der Waals surface area contributed by atoms with Crippen molar-refractivity contribution < 1.29 is 27.1 Å². The number of aryl methyl sites for hydroxylation is 1. The highest BCUT2D eigenvalue weighted by Gasteiger charge is 2.16. The van der Waals surface area contributed by atoms with Gasteiger partial charge in [0.1, 0.15) is 11.6 Å². The third-order valence-electron chi connectivity index (χ3n) is 3.57. The second kappa shape index (κ2) is 7.79. The van der Waals surface area contributed by atoms with Gasteiger partial charge in [0.05, 0.1) is 18.0 Å². The number of amides is 1. The summed E-state index contributed by atoms with van der Waals surface area (Å²) in [6.45, 7) is 1.38. The molecule has 0 aliphatic rings. The minimum Gasteiger partial charge on any atom is -0.386 e. The fourth-order valence-corrected chi connectivity index (χ4v) is 2.87. The van der Waals surface area contributed by atoms with Crippen LogP contribution in [0.1, 0.15) is 27.6 Å². The molecule has 2 aromatic rings. The lowest BCUT2D eigenvalue weighted by Crippen LogP contribution is -2.29. The smallest absolute Gasteiger partial charge is 0.251 e. The highest BCUT2D eigenvalue weighted by molar-refractivity contribution is 7.92. The molecule has 0 radical (unpaired) electrons. The van der Waals surface area contributed by atoms with Gasteiger partial charge in [0.15, 0.2) is 0 Å². The van der Waals surface area contributed by atoms with Gasteiger partial charge in [-0.05, 0) is 30.7 Å². The van der Waals surface area contributed by atoms with E-state index >= 15 is 0 Å². The lowest BCUT2D eigenvalue weighted by Gasteiger charge is -2.14. The highest BCUT2D eigenvalue weighted by atomic mass is 32.2. The maximum Gasteiger partial charge on any atom is 0.251 e. The van der Waals surface area contributed by atoms with Crippen LogP contribution >= 0.6 is 0 Å². The Hall–Kier alpha value is -2.52. The molecule has 1 unspecified atom stereocenters. The number of carbonyl (C=O) groups is 1. The van der Waals surface area contributed by atoms with E-state index in [1.165, 1.54) is 12.1 Å². The number of carbonyl (C=O) groups excluding carboxylic acids is 1. The molecular weight excluding hydrogens is 366 g/mol. The zero-order valence-electron chi connectivity index (χ0n) is 14.1. The van der Waals surface area contributed by atoms with Gasteiger partial charge in [-0.15, -0.1) is 0 Å². The maximum atomic E-state index is 13.6. The van der Waals surface area contributed by atoms with E-state index < -0.39 is 33.7 Å². The molecule has 0 saturated carbocycles. The number of rotatable bonds is 6. The van der Waals surface area contributed by atoms with E-state index in [9.17, 15) is 27.1 Å². The second-order valence-corrected chi connectivity index (χ2v) is 7.54. The number of halogens is 2. The fraction of sp³-hybridized carbons (Fsp3) is 0.235. The van der Waals surface area contributed by atoms with Gasteiger partial charge in [-0.2, -0.15) is 0 Å². The number of sulfonamides is 1. The van der Waals surface area contributed by atoms with E-state index in [-0.39, 0.29) is 23.4 Å². The van der Waals surface area contributed by atoms with Crippen LogP contribution in [-0.4, -0.2) is 32.2 Å². The Balaban J connectivity index is 2.09. The van der Waals surface area contributed by atoms with E-state index in [4.69, 9.17) is 0 Å². The first kappa shape index (κ1) is 19.8. The van der Waals surface area contributed by atoms with Gasteiger partial charge in [-0.1, -0.05) is 12.1 Å². The molecule has 0 aliphatic carbocycles. The van der Waals surface area contributed by atoms with Crippen molar-refractivity contribution in [1.29, 1.82) is 0 Å². The van der Waals surface area contributed by atoms with Crippen molar-refractivity contribution in [3.63, 3.8) is 0 Å². The van der Waals surface area contributed by atoms with E-state index in [0.29, 0.717) is 11.6 Å². The minimum absolute atomic E-state index is 0.143. The molecule has 0 heterocycles. The number of anilines is 1. The molecule has 0 aliphatic heterocycles. The van der Waals surface area contributed by atoms with Crippen LogP contribution in [0.15, 0.2) is 36.4 Å². The summed E-state index contributed by atoms with van der Waals surface area (Å²) in [5.41, 5.74) is 0.897. The summed E-state index contributed by atoms with van der Waals surface area (Å²) in [4.78, 5) is 12.2. The molecule has 1 amide bonds. The molecule has 0 fully saturated rings. The predicted octanol–water partition coefficient (Wildman–Crippen LogP) is 2.11. The first-order valence-electron chi connectivity index (χ1n) is 7.56. The Labute approximate surface area is 149 Å². The number of hydrogen-bond acceptors (Lipinski definition) is 4. The topological polar surface area (TPSA) is 95.5 Å². The molecule has 6 nitrogen and oxygen atoms in total. The van der Waals surface area contributed by atoms with Gasteiger partial charge in [0.25, 0.3) is 5.91 Å². The zero-order valence-corrected chi connectivity index (χ0v) is 14.9. The number of aliphatic hydroxyl groups excluding tert-OH is 1. The van der Waals surface area contributed by atoms with Crippen molar-refractivity contribution >= 4 is 21.6 Å². The Morgan fingerprint density at radius 2 is 1.88 bits per heavy atom. The number of benzene rings is 2. The summed E-state index contributed by atoms with van der Waals surface area (Å²) in [7, 11) is -3.51. The van der Waals surface area contributed by atoms with Crippen molar-refractivity contribution in [2.75, 3.05) is 17.5 Å². The van der Waals surface area contributed by atoms with Crippen LogP contribution in [0.25, 0.3) is 0 Å². The molecular formula is C17H18F2N2O4S. The van der Waals surface area contributed by atoms with Crippen LogP contribution in [0, 0.1) is 18.6 Å². The predicted molar refractivity (Wildman–Crippen MR) is 93.3 cm³/mol. The molecule has 0 saturated heterocycles. The monoisotopic (exact) mass is 384 g/mol. The Kier molecular flexibility index (Phi) is 5.94. The van der Waals surface area contributed by atoms with Crippen molar-refractivity contribution in [1.82, 2.24) is 5.32 Å². The largest absolute Gasteiger partial charge is 0.386 e. The van der Waals surface area contributed by atoms with Gasteiger partial charge in [0.2, 0.25) is 10.0 Å². The quantitative estimate of drug-likeness (QED) is 0.711. The molecule has 1 atom stereocenters. The summed E-state index contributed by atoms with van der Waals surface area (Å²) in [5.74, 6) is -2.27. The summed E-state index contributed by atoms with van der Waals surface area (Å²) in [6.07, 6.45) is -0.370. The van der Waals surface area contributed by atoms with Crippen molar-refractivity contribution in [2.45, 2.75) is 13.0 Å². The van der Waals surface area contributed by atoms with Crippen LogP contribution in [0.3, 0.4) is 0 Å². The lowest BCUT2D eigenvalue weighted by molar-refractivity contribution is 0.0914. The van der Waals surface area contributed by atoms with Crippen LogP contribution < -0.4 is 10.0 Å². The van der Waals surface area contributed by atoms with Gasteiger partial charge in [-0.25, -0.2) is 17.2 Å². The molecule has 0 bridgehead atoms. The van der Waals surface area contributed by atoms with E-state index in [0.717, 1.165) is 18.4 Å². The van der Waals surface area contributed by atoms with Gasteiger partial charge in [-0.3, -0.25) is 9.52 Å². The van der Waals surface area contributed by atoms with Gasteiger partial charge < -0.3 is 10.4 Å². The van der Waals surface area contributed by atoms with Crippen LogP contribution in [-0.2, 0) is 10.0 Å². The maximum absolute atomic E-state index is 13.6. The molecule has 9 heteroatoms. The molecule has 3 N–H and O–H groups in total. The fourth-order valence-electron chi connectivity index (χ4n) is 2.25. The molecule has 0 spiro atoms. The Morgan fingerprint density at radius 3 is 2.50 bits per heavy atom. The third-order valence-corrected chi connectivity index (χ3v) is 4.16. The summed E-state index contributed by atoms with van der Waals surface area (Å²) in [6, 6.07) is 7.16. The SMILES string of the molecule is Cc1ccc(C(=O)NCC(O)c2ccc(F)cc2F)cc1NS(C)(=O)=O. The van der Waals surface area contributed by atoms with E-state index in [1.807, 2.05) is 0 Å². The zero-order chi connectivity index (χ0) is 19.5. The van der Waals surface area contributed by atoms with Crippen molar-refractivity contribution in [3.05, 3.63) is 64.7 Å². The normalized spacial score (nSPS) is 12.5. The standard InChI is InChI=1S/C17H18F2N2O4S/c1-10-3-4-11(7-15(10)21-26(2,24)25)17(23)20-9-16(22)13-6-5-12(18)8-14(13)19/h3-8,16,21-22H,9H2,1-2H3,(H,20,23). The average molecular weight is 384 g/mol. The van der Waals surface area contributed by atoms with Crippen molar-refractivity contribution in [3.8, 4) is 0 Å². The van der Waals surface area contributed by atoms with Gasteiger partial charge in [0, 0.05) is 23.7 Å². The average Bonchev–Trinajstić information content (AvgIpc) is 2.53. The summed E-state index contributed by atoms with van der Waals surface area (Å²) >= 11 is 0. The van der Waals surface area contributed by atoms with Gasteiger partial charge >= 0.3 is 0 Å². The Morgan fingerprint density at radius 1 is 1.19 bits per heavy atom. The van der Waals surface area contributed by atoms with Crippen LogP contribution in [0.4, 0.5) is 14.5 Å². The third kappa shape index (κ3) is 5.24.